The first-order valence-electron chi connectivity index (χ1n) is 11.0. The molecule has 1 saturated heterocycles. The van der Waals surface area contributed by atoms with E-state index in [1.54, 1.807) is 0 Å². The van der Waals surface area contributed by atoms with E-state index in [2.05, 4.69) is 65.6 Å². The quantitative estimate of drug-likeness (QED) is 0.299. The number of halogens is 1. The van der Waals surface area contributed by atoms with E-state index in [0.29, 0.717) is 0 Å². The first kappa shape index (κ1) is 20.6. The van der Waals surface area contributed by atoms with Gasteiger partial charge in [-0.05, 0) is 67.4 Å². The molecule has 0 unspecified atom stereocenters. The first-order valence-corrected chi connectivity index (χ1v) is 12.2. The van der Waals surface area contributed by atoms with Crippen molar-refractivity contribution in [2.75, 3.05) is 26.2 Å². The maximum atomic E-state index is 6.13. The summed E-state index contributed by atoms with van der Waals surface area (Å²) in [4.78, 5) is 3.78. The van der Waals surface area contributed by atoms with Gasteiger partial charge in [-0.25, -0.2) is 0 Å². The van der Waals surface area contributed by atoms with Crippen LogP contribution in [0.2, 0.25) is 5.02 Å². The van der Waals surface area contributed by atoms with Crippen molar-refractivity contribution >= 4 is 33.0 Å². The van der Waals surface area contributed by atoms with Gasteiger partial charge in [0.2, 0.25) is 0 Å². The molecule has 158 valence electrons. The predicted octanol–water partition coefficient (Wildman–Crippen LogP) is 7.75. The molecule has 0 spiro atoms. The summed E-state index contributed by atoms with van der Waals surface area (Å²) in [6.45, 7) is 4.18. The highest BCUT2D eigenvalue weighted by Crippen LogP contribution is 2.45. The SMILES string of the molecule is Clc1ccc(-c2sc3ccccc3c2-c2ccc(OCCN3CCCCC3)cc2)cc1. The lowest BCUT2D eigenvalue weighted by Crippen LogP contribution is -2.33. The van der Waals surface area contributed by atoms with Crippen molar-refractivity contribution in [2.45, 2.75) is 19.3 Å². The predicted molar refractivity (Wildman–Crippen MR) is 133 cm³/mol. The Morgan fingerprint density at radius 1 is 0.806 bits per heavy atom. The lowest BCUT2D eigenvalue weighted by Gasteiger charge is -2.26. The monoisotopic (exact) mass is 447 g/mol. The van der Waals surface area contributed by atoms with E-state index in [-0.39, 0.29) is 0 Å². The van der Waals surface area contributed by atoms with Gasteiger partial charge in [0.25, 0.3) is 0 Å². The summed E-state index contributed by atoms with van der Waals surface area (Å²) in [5.41, 5.74) is 3.69. The fourth-order valence-electron chi connectivity index (χ4n) is 4.33. The molecule has 1 aliphatic heterocycles. The summed E-state index contributed by atoms with van der Waals surface area (Å²) in [5, 5.41) is 2.05. The normalized spacial score (nSPS) is 14.7. The van der Waals surface area contributed by atoms with Gasteiger partial charge in [-0.1, -0.05) is 60.5 Å². The minimum absolute atomic E-state index is 0.747. The molecule has 2 nitrogen and oxygen atoms in total. The van der Waals surface area contributed by atoms with E-state index >= 15 is 0 Å². The van der Waals surface area contributed by atoms with Crippen LogP contribution in [0.5, 0.6) is 5.75 Å². The Morgan fingerprint density at radius 3 is 2.29 bits per heavy atom. The number of likely N-dealkylation sites (tertiary alicyclic amines) is 1. The average Bonchev–Trinajstić information content (AvgIpc) is 3.20. The lowest BCUT2D eigenvalue weighted by atomic mass is 9.99. The van der Waals surface area contributed by atoms with Crippen LogP contribution in [0.4, 0.5) is 0 Å². The largest absolute Gasteiger partial charge is 0.492 e. The van der Waals surface area contributed by atoms with Crippen molar-refractivity contribution in [1.82, 2.24) is 4.90 Å². The van der Waals surface area contributed by atoms with Crippen molar-refractivity contribution < 1.29 is 4.74 Å². The molecule has 0 saturated carbocycles. The topological polar surface area (TPSA) is 12.5 Å². The molecule has 0 atom stereocenters. The van der Waals surface area contributed by atoms with Gasteiger partial charge in [-0.15, -0.1) is 11.3 Å². The van der Waals surface area contributed by atoms with Gasteiger partial charge in [0, 0.05) is 32.1 Å². The molecule has 1 fully saturated rings. The minimum Gasteiger partial charge on any atom is -0.492 e. The highest BCUT2D eigenvalue weighted by atomic mass is 35.5. The third-order valence-electron chi connectivity index (χ3n) is 5.97. The maximum absolute atomic E-state index is 6.13. The van der Waals surface area contributed by atoms with Crippen molar-refractivity contribution in [3.8, 4) is 27.3 Å². The summed E-state index contributed by atoms with van der Waals surface area (Å²) in [6.07, 6.45) is 4.01. The van der Waals surface area contributed by atoms with Crippen LogP contribution in [0.1, 0.15) is 19.3 Å². The molecule has 4 aromatic rings. The van der Waals surface area contributed by atoms with Gasteiger partial charge in [-0.3, -0.25) is 4.90 Å². The molecule has 0 radical (unpaired) electrons. The molecule has 1 aliphatic rings. The number of nitrogens with zero attached hydrogens (tertiary/aromatic N) is 1. The Balaban J connectivity index is 1.39. The molecular weight excluding hydrogens is 422 g/mol. The van der Waals surface area contributed by atoms with Gasteiger partial charge in [0.15, 0.2) is 0 Å². The number of hydrogen-bond donors (Lipinski definition) is 0. The highest BCUT2D eigenvalue weighted by molar-refractivity contribution is 7.23. The number of fused-ring (bicyclic) bond motifs is 1. The Morgan fingerprint density at radius 2 is 1.52 bits per heavy atom. The lowest BCUT2D eigenvalue weighted by molar-refractivity contribution is 0.183. The van der Waals surface area contributed by atoms with E-state index in [0.717, 1.165) is 23.9 Å². The van der Waals surface area contributed by atoms with Gasteiger partial charge in [0.1, 0.15) is 12.4 Å². The Hall–Kier alpha value is -2.33. The zero-order chi connectivity index (χ0) is 21.0. The number of thiophene rings is 1. The van der Waals surface area contributed by atoms with E-state index in [9.17, 15) is 0 Å². The molecule has 0 aliphatic carbocycles. The molecule has 4 heteroatoms. The fraction of sp³-hybridized carbons (Fsp3) is 0.259. The van der Waals surface area contributed by atoms with Crippen molar-refractivity contribution in [2.24, 2.45) is 0 Å². The Bertz CT molecular complexity index is 1140. The van der Waals surface area contributed by atoms with Gasteiger partial charge < -0.3 is 4.74 Å². The molecule has 31 heavy (non-hydrogen) atoms. The number of piperidine rings is 1. The fourth-order valence-corrected chi connectivity index (χ4v) is 5.69. The van der Waals surface area contributed by atoms with Crippen molar-refractivity contribution in [3.63, 3.8) is 0 Å². The van der Waals surface area contributed by atoms with Gasteiger partial charge in [0.05, 0.1) is 0 Å². The zero-order valence-corrected chi connectivity index (χ0v) is 19.1. The van der Waals surface area contributed by atoms with Crippen LogP contribution in [0.25, 0.3) is 31.7 Å². The van der Waals surface area contributed by atoms with Crippen LogP contribution in [-0.4, -0.2) is 31.1 Å². The van der Waals surface area contributed by atoms with Crippen LogP contribution in [0, 0.1) is 0 Å². The second-order valence-electron chi connectivity index (χ2n) is 8.08. The molecule has 2 heterocycles. The van der Waals surface area contributed by atoms with Crippen LogP contribution in [0.15, 0.2) is 72.8 Å². The smallest absolute Gasteiger partial charge is 0.119 e. The standard InChI is InChI=1S/C27H26ClNOS/c28-22-12-8-21(9-13-22)27-26(24-6-2-3-7-25(24)31-27)20-10-14-23(15-11-20)30-19-18-29-16-4-1-5-17-29/h2-3,6-15H,1,4-5,16-19H2. The summed E-state index contributed by atoms with van der Waals surface area (Å²) in [7, 11) is 0. The Kier molecular flexibility index (Phi) is 6.26. The summed E-state index contributed by atoms with van der Waals surface area (Å²) in [5.74, 6) is 0.938. The van der Waals surface area contributed by atoms with Crippen LogP contribution >= 0.6 is 22.9 Å². The molecular formula is C27H26ClNOS. The van der Waals surface area contributed by atoms with E-state index in [1.807, 2.05) is 23.5 Å². The molecule has 0 bridgehead atoms. The third-order valence-corrected chi connectivity index (χ3v) is 7.44. The Labute approximate surface area is 193 Å². The zero-order valence-electron chi connectivity index (χ0n) is 17.5. The summed E-state index contributed by atoms with van der Waals surface area (Å²) in [6, 6.07) is 25.3. The number of rotatable bonds is 6. The van der Waals surface area contributed by atoms with Gasteiger partial charge >= 0.3 is 0 Å². The first-order chi connectivity index (χ1) is 15.3. The molecule has 0 amide bonds. The molecule has 1 aromatic heterocycles. The van der Waals surface area contributed by atoms with E-state index < -0.39 is 0 Å². The second-order valence-corrected chi connectivity index (χ2v) is 9.57. The second kappa shape index (κ2) is 9.44. The van der Waals surface area contributed by atoms with Crippen molar-refractivity contribution in [3.05, 3.63) is 77.8 Å². The minimum atomic E-state index is 0.747. The van der Waals surface area contributed by atoms with Crippen LogP contribution in [-0.2, 0) is 0 Å². The maximum Gasteiger partial charge on any atom is 0.119 e. The van der Waals surface area contributed by atoms with E-state index in [1.165, 1.54) is 64.0 Å². The third kappa shape index (κ3) is 4.64. The number of benzene rings is 3. The van der Waals surface area contributed by atoms with Crippen LogP contribution in [0.3, 0.4) is 0 Å². The number of hydrogen-bond acceptors (Lipinski definition) is 3. The van der Waals surface area contributed by atoms with Crippen LogP contribution < -0.4 is 4.74 Å². The summed E-state index contributed by atoms with van der Waals surface area (Å²) < 4.78 is 7.34. The molecule has 5 rings (SSSR count). The van der Waals surface area contributed by atoms with Gasteiger partial charge in [-0.2, -0.15) is 0 Å². The summed E-state index contributed by atoms with van der Waals surface area (Å²) >= 11 is 7.96. The van der Waals surface area contributed by atoms with Crippen molar-refractivity contribution in [1.29, 1.82) is 0 Å². The highest BCUT2D eigenvalue weighted by Gasteiger charge is 2.16. The average molecular weight is 448 g/mol. The number of ether oxygens (including phenoxy) is 1. The molecule has 0 N–H and O–H groups in total. The van der Waals surface area contributed by atoms with E-state index in [4.69, 9.17) is 16.3 Å². The molecule has 3 aromatic carbocycles.